The van der Waals surface area contributed by atoms with Crippen molar-refractivity contribution in [3.05, 3.63) is 29.6 Å². The molecule has 0 amide bonds. The molecule has 1 rings (SSSR count). The highest BCUT2D eigenvalue weighted by molar-refractivity contribution is 5.87. The third kappa shape index (κ3) is 2.01. The van der Waals surface area contributed by atoms with Gasteiger partial charge in [0.25, 0.3) is 0 Å². The van der Waals surface area contributed by atoms with Crippen LogP contribution in [-0.2, 0) is 0 Å². The minimum Gasteiger partial charge on any atom is -0.477 e. The Morgan fingerprint density at radius 2 is 2.38 bits per heavy atom. The second-order valence-electron chi connectivity index (χ2n) is 2.59. The smallest absolute Gasteiger partial charge is 0.354 e. The molecule has 0 aromatic carbocycles. The molecule has 1 aromatic rings. The van der Waals surface area contributed by atoms with E-state index in [-0.39, 0.29) is 12.2 Å². The highest BCUT2D eigenvalue weighted by Crippen LogP contribution is 2.12. The van der Waals surface area contributed by atoms with Gasteiger partial charge in [-0.05, 0) is 6.07 Å². The van der Waals surface area contributed by atoms with E-state index >= 15 is 0 Å². The van der Waals surface area contributed by atoms with Gasteiger partial charge in [-0.2, -0.15) is 0 Å². The maximum absolute atomic E-state index is 10.7. The Bertz CT molecular complexity index is 314. The van der Waals surface area contributed by atoms with Crippen LogP contribution in [0, 0.1) is 0 Å². The fraction of sp³-hybridized carbons (Fsp3) is 0.250. The van der Waals surface area contributed by atoms with E-state index in [0.717, 1.165) is 0 Å². The average molecular weight is 181 g/mol. The van der Waals surface area contributed by atoms with Crippen LogP contribution in [-0.4, -0.2) is 22.6 Å². The molecule has 0 aliphatic rings. The first kappa shape index (κ1) is 9.63. The summed E-state index contributed by atoms with van der Waals surface area (Å²) in [5.74, 6) is -1.08. The van der Waals surface area contributed by atoms with Gasteiger partial charge in [0.1, 0.15) is 0 Å². The van der Waals surface area contributed by atoms with E-state index in [1.165, 1.54) is 6.20 Å². The third-order valence-corrected chi connectivity index (χ3v) is 1.69. The number of carbonyl (C=O) groups is 1. The molecule has 5 nitrogen and oxygen atoms in total. The molecule has 5 N–H and O–H groups in total. The SMILES string of the molecule is NCC(N)c1cccnc1C(=O)O. The standard InChI is InChI=1S/C8H11N3O2/c9-4-6(10)5-2-1-3-11-7(5)8(12)13/h1-3,6H,4,9-10H2,(H,12,13). The first-order valence-electron chi connectivity index (χ1n) is 3.80. The second kappa shape index (κ2) is 3.97. The van der Waals surface area contributed by atoms with E-state index < -0.39 is 12.0 Å². The molecule has 1 aromatic heterocycles. The van der Waals surface area contributed by atoms with Gasteiger partial charge in [0.2, 0.25) is 0 Å². The lowest BCUT2D eigenvalue weighted by Gasteiger charge is -2.10. The minimum absolute atomic E-state index is 0.0274. The lowest BCUT2D eigenvalue weighted by atomic mass is 10.1. The molecule has 0 aliphatic carbocycles. The Kier molecular flexibility index (Phi) is 2.94. The molecule has 0 saturated carbocycles. The van der Waals surface area contributed by atoms with Crippen LogP contribution in [0.25, 0.3) is 0 Å². The summed E-state index contributed by atoms with van der Waals surface area (Å²) in [6.45, 7) is 0.200. The van der Waals surface area contributed by atoms with Crippen LogP contribution in [0.3, 0.4) is 0 Å². The number of hydrogen-bond acceptors (Lipinski definition) is 4. The maximum atomic E-state index is 10.7. The zero-order valence-corrected chi connectivity index (χ0v) is 6.97. The van der Waals surface area contributed by atoms with Gasteiger partial charge in [-0.25, -0.2) is 9.78 Å². The number of aromatic nitrogens is 1. The first-order valence-corrected chi connectivity index (χ1v) is 3.80. The molecule has 1 heterocycles. The van der Waals surface area contributed by atoms with Crippen molar-refractivity contribution >= 4 is 5.97 Å². The average Bonchev–Trinajstić information content (AvgIpc) is 2.16. The Balaban J connectivity index is 3.11. The predicted octanol–water partition coefficient (Wildman–Crippen LogP) is -0.262. The molecule has 13 heavy (non-hydrogen) atoms. The number of carboxylic acid groups (broad SMARTS) is 1. The van der Waals surface area contributed by atoms with Gasteiger partial charge in [-0.1, -0.05) is 6.07 Å². The third-order valence-electron chi connectivity index (χ3n) is 1.69. The number of pyridine rings is 1. The van der Waals surface area contributed by atoms with Crippen LogP contribution >= 0.6 is 0 Å². The number of rotatable bonds is 3. The van der Waals surface area contributed by atoms with Gasteiger partial charge in [0.15, 0.2) is 5.69 Å². The summed E-state index contributed by atoms with van der Waals surface area (Å²) >= 11 is 0. The number of hydrogen-bond donors (Lipinski definition) is 3. The number of nitrogens with two attached hydrogens (primary N) is 2. The molecular weight excluding hydrogens is 170 g/mol. The Morgan fingerprint density at radius 3 is 2.92 bits per heavy atom. The molecular formula is C8H11N3O2. The van der Waals surface area contributed by atoms with Crippen molar-refractivity contribution in [3.8, 4) is 0 Å². The van der Waals surface area contributed by atoms with Crippen LogP contribution in [0.4, 0.5) is 0 Å². The van der Waals surface area contributed by atoms with E-state index in [1.807, 2.05) is 0 Å². The van der Waals surface area contributed by atoms with Crippen LogP contribution in [0.2, 0.25) is 0 Å². The fourth-order valence-electron chi connectivity index (χ4n) is 1.02. The van der Waals surface area contributed by atoms with Gasteiger partial charge < -0.3 is 16.6 Å². The van der Waals surface area contributed by atoms with Gasteiger partial charge in [-0.15, -0.1) is 0 Å². The summed E-state index contributed by atoms with van der Waals surface area (Å²) in [7, 11) is 0. The summed E-state index contributed by atoms with van der Waals surface area (Å²) < 4.78 is 0. The van der Waals surface area contributed by atoms with E-state index in [4.69, 9.17) is 16.6 Å². The molecule has 0 saturated heterocycles. The minimum atomic E-state index is -1.08. The second-order valence-corrected chi connectivity index (χ2v) is 2.59. The molecule has 1 atom stereocenters. The van der Waals surface area contributed by atoms with Crippen LogP contribution in [0.1, 0.15) is 22.1 Å². The van der Waals surface area contributed by atoms with Gasteiger partial charge in [0.05, 0.1) is 0 Å². The zero-order valence-electron chi connectivity index (χ0n) is 6.97. The highest BCUT2D eigenvalue weighted by atomic mass is 16.4. The molecule has 0 spiro atoms. The number of nitrogens with zero attached hydrogens (tertiary/aromatic N) is 1. The monoisotopic (exact) mass is 181 g/mol. The predicted molar refractivity (Wildman–Crippen MR) is 47.2 cm³/mol. The summed E-state index contributed by atoms with van der Waals surface area (Å²) in [6, 6.07) is 2.78. The van der Waals surface area contributed by atoms with Crippen molar-refractivity contribution in [2.75, 3.05) is 6.54 Å². The maximum Gasteiger partial charge on any atom is 0.354 e. The van der Waals surface area contributed by atoms with E-state index in [9.17, 15) is 4.79 Å². The largest absolute Gasteiger partial charge is 0.477 e. The van der Waals surface area contributed by atoms with Crippen molar-refractivity contribution in [2.45, 2.75) is 6.04 Å². The Hall–Kier alpha value is -1.46. The van der Waals surface area contributed by atoms with Gasteiger partial charge in [-0.3, -0.25) is 0 Å². The van der Waals surface area contributed by atoms with Crippen molar-refractivity contribution in [2.24, 2.45) is 11.5 Å². The van der Waals surface area contributed by atoms with Gasteiger partial charge >= 0.3 is 5.97 Å². The summed E-state index contributed by atoms with van der Waals surface area (Å²) in [6.07, 6.45) is 1.41. The Morgan fingerprint density at radius 1 is 1.69 bits per heavy atom. The van der Waals surface area contributed by atoms with Gasteiger partial charge in [0, 0.05) is 24.3 Å². The first-order chi connectivity index (χ1) is 6.16. The molecule has 0 fully saturated rings. The fourth-order valence-corrected chi connectivity index (χ4v) is 1.02. The lowest BCUT2D eigenvalue weighted by molar-refractivity contribution is 0.0688. The molecule has 1 unspecified atom stereocenters. The highest BCUT2D eigenvalue weighted by Gasteiger charge is 2.15. The molecule has 0 aliphatic heterocycles. The number of carboxylic acids is 1. The van der Waals surface area contributed by atoms with Crippen molar-refractivity contribution in [1.29, 1.82) is 0 Å². The van der Waals surface area contributed by atoms with E-state index in [2.05, 4.69) is 4.98 Å². The molecule has 0 radical (unpaired) electrons. The van der Waals surface area contributed by atoms with E-state index in [1.54, 1.807) is 12.1 Å². The zero-order chi connectivity index (χ0) is 9.84. The quantitative estimate of drug-likeness (QED) is 0.596. The normalized spacial score (nSPS) is 12.5. The van der Waals surface area contributed by atoms with Crippen LogP contribution in [0.15, 0.2) is 18.3 Å². The van der Waals surface area contributed by atoms with Crippen molar-refractivity contribution in [3.63, 3.8) is 0 Å². The van der Waals surface area contributed by atoms with Crippen LogP contribution in [0.5, 0.6) is 0 Å². The van der Waals surface area contributed by atoms with Crippen molar-refractivity contribution < 1.29 is 9.90 Å². The van der Waals surface area contributed by atoms with E-state index in [0.29, 0.717) is 5.56 Å². The Labute approximate surface area is 75.4 Å². The summed E-state index contributed by atoms with van der Waals surface area (Å²) in [5.41, 5.74) is 11.4. The number of aromatic carboxylic acids is 1. The summed E-state index contributed by atoms with van der Waals surface area (Å²) in [4.78, 5) is 14.4. The molecule has 70 valence electrons. The van der Waals surface area contributed by atoms with Crippen molar-refractivity contribution in [1.82, 2.24) is 4.98 Å². The lowest BCUT2D eigenvalue weighted by Crippen LogP contribution is -2.23. The molecule has 0 bridgehead atoms. The van der Waals surface area contributed by atoms with Crippen LogP contribution < -0.4 is 11.5 Å². The summed E-state index contributed by atoms with van der Waals surface area (Å²) in [5, 5.41) is 8.75. The molecule has 5 heteroatoms. The topological polar surface area (TPSA) is 102 Å².